The number of fused-ring (bicyclic) bond motifs is 5. The first-order valence-corrected chi connectivity index (χ1v) is 10.00. The number of rotatable bonds is 2. The predicted octanol–water partition coefficient (Wildman–Crippen LogP) is 1.28. The second-order valence-corrected chi connectivity index (χ2v) is 9.65. The minimum absolute atomic E-state index is 0. The number of allylic oxidation sites excluding steroid dienone is 4. The van der Waals surface area contributed by atoms with Crippen LogP contribution >= 0.6 is 0 Å². The van der Waals surface area contributed by atoms with Crippen LogP contribution in [0.2, 0.25) is 0 Å². The van der Waals surface area contributed by atoms with E-state index in [0.717, 1.165) is 0 Å². The average Bonchev–Trinajstić information content (AvgIpc) is 2.84. The molecule has 0 aliphatic heterocycles. The highest BCUT2D eigenvalue weighted by Gasteiger charge is 2.75. The van der Waals surface area contributed by atoms with Gasteiger partial charge >= 0.3 is 0 Å². The molecule has 0 aromatic carbocycles. The lowest BCUT2D eigenvalue weighted by atomic mass is 9.44. The number of alkyl halides is 1. The highest BCUT2D eigenvalue weighted by molar-refractivity contribution is 6.29. The van der Waals surface area contributed by atoms with Crippen molar-refractivity contribution in [2.45, 2.75) is 63.8 Å². The molecule has 7 heteroatoms. The Morgan fingerprint density at radius 3 is 2.59 bits per heavy atom. The molecule has 0 radical (unpaired) electrons. The van der Waals surface area contributed by atoms with Gasteiger partial charge in [0.2, 0.25) is 5.78 Å². The summed E-state index contributed by atoms with van der Waals surface area (Å²) in [5.74, 6) is -2.52. The van der Waals surface area contributed by atoms with Crippen molar-refractivity contribution in [3.63, 3.8) is 0 Å². The number of aliphatic hydroxyl groups excluding tert-OH is 1. The SMILES string of the molecule is C[C@H]1C[C@@H]2[C@@H]3CCC4=CC(=O)C=C[C@]4(C)[C@]3(F)[C@@H](O)C[C@]2(C)[C@]1(O)C(=O)C=O.O. The first-order valence-electron chi connectivity index (χ1n) is 10.00. The number of ketones is 2. The maximum atomic E-state index is 16.8. The van der Waals surface area contributed by atoms with Gasteiger partial charge in [-0.2, -0.15) is 0 Å². The largest absolute Gasteiger partial charge is 0.412 e. The Morgan fingerprint density at radius 2 is 1.97 bits per heavy atom. The van der Waals surface area contributed by atoms with Crippen molar-refractivity contribution < 1.29 is 34.5 Å². The third-order valence-electron chi connectivity index (χ3n) is 8.71. The maximum absolute atomic E-state index is 16.8. The van der Waals surface area contributed by atoms with Crippen LogP contribution in [-0.4, -0.2) is 50.9 Å². The van der Waals surface area contributed by atoms with Gasteiger partial charge in [0.1, 0.15) is 5.60 Å². The van der Waals surface area contributed by atoms with E-state index in [1.807, 2.05) is 0 Å². The molecule has 0 unspecified atom stereocenters. The highest BCUT2D eigenvalue weighted by atomic mass is 19.1. The number of halogens is 1. The molecule has 160 valence electrons. The molecule has 0 amide bonds. The number of Topliss-reactive ketones (excluding diaryl/α,β-unsaturated/α-hetero) is 1. The van der Waals surface area contributed by atoms with Gasteiger partial charge in [0, 0.05) is 16.7 Å². The van der Waals surface area contributed by atoms with Crippen LogP contribution in [0.15, 0.2) is 23.8 Å². The van der Waals surface area contributed by atoms with Crippen LogP contribution in [0.3, 0.4) is 0 Å². The van der Waals surface area contributed by atoms with Crippen molar-refractivity contribution in [3.05, 3.63) is 23.8 Å². The van der Waals surface area contributed by atoms with E-state index in [0.29, 0.717) is 24.8 Å². The zero-order valence-corrected chi connectivity index (χ0v) is 16.9. The fourth-order valence-corrected chi connectivity index (χ4v) is 7.16. The summed E-state index contributed by atoms with van der Waals surface area (Å²) in [5, 5.41) is 22.4. The number of hydrogen-bond donors (Lipinski definition) is 2. The summed E-state index contributed by atoms with van der Waals surface area (Å²) in [7, 11) is 0. The van der Waals surface area contributed by atoms with Crippen molar-refractivity contribution in [3.8, 4) is 0 Å². The molecular formula is C22H29FO6. The number of aliphatic hydroxyl groups is 2. The lowest BCUT2D eigenvalue weighted by Crippen LogP contribution is -2.69. The van der Waals surface area contributed by atoms with Gasteiger partial charge in [0.05, 0.1) is 6.10 Å². The van der Waals surface area contributed by atoms with E-state index in [4.69, 9.17) is 0 Å². The monoisotopic (exact) mass is 408 g/mol. The van der Waals surface area contributed by atoms with E-state index >= 15 is 4.39 Å². The number of aldehydes is 1. The third-order valence-corrected chi connectivity index (χ3v) is 8.71. The second-order valence-electron chi connectivity index (χ2n) is 9.65. The summed E-state index contributed by atoms with van der Waals surface area (Å²) in [6, 6.07) is 0. The lowest BCUT2D eigenvalue weighted by molar-refractivity contribution is -0.218. The van der Waals surface area contributed by atoms with Gasteiger partial charge in [-0.05, 0) is 56.6 Å². The molecule has 3 fully saturated rings. The van der Waals surface area contributed by atoms with Crippen LogP contribution in [0.1, 0.15) is 46.5 Å². The molecule has 29 heavy (non-hydrogen) atoms. The number of carbonyl (C=O) groups is 3. The minimum atomic E-state index is -2.01. The summed E-state index contributed by atoms with van der Waals surface area (Å²) in [6.45, 7) is 5.15. The van der Waals surface area contributed by atoms with E-state index < -0.39 is 45.8 Å². The first kappa shape index (κ1) is 22.0. The standard InChI is InChI=1S/C22H27FO5.H2O/c1-12-8-16-15-5-4-13-9-14(25)6-7-19(13,2)21(15,23)17(26)10-20(16,3)22(12,28)18(27)11-24;/h6-7,9,11-12,15-17,26,28H,4-5,8,10H2,1-3H3;1H2/t12-,15-,16+,17-,19-,20-,21+,22+;/m0./s1. The van der Waals surface area contributed by atoms with Gasteiger partial charge in [-0.15, -0.1) is 0 Å². The zero-order chi connectivity index (χ0) is 20.7. The van der Waals surface area contributed by atoms with E-state index in [1.165, 1.54) is 12.2 Å². The fourth-order valence-electron chi connectivity index (χ4n) is 7.16. The van der Waals surface area contributed by atoms with E-state index in [9.17, 15) is 24.6 Å². The van der Waals surface area contributed by atoms with Gasteiger partial charge in [0.25, 0.3) is 0 Å². The lowest BCUT2D eigenvalue weighted by Gasteiger charge is -2.62. The molecule has 0 aromatic rings. The first-order chi connectivity index (χ1) is 13.0. The molecule has 0 heterocycles. The minimum Gasteiger partial charge on any atom is -0.412 e. The number of hydrogen-bond acceptors (Lipinski definition) is 5. The fraction of sp³-hybridized carbons (Fsp3) is 0.682. The molecule has 0 aromatic heterocycles. The summed E-state index contributed by atoms with van der Waals surface area (Å²) >= 11 is 0. The smallest absolute Gasteiger partial charge is 0.227 e. The summed E-state index contributed by atoms with van der Waals surface area (Å²) in [4.78, 5) is 35.5. The van der Waals surface area contributed by atoms with Crippen LogP contribution < -0.4 is 0 Å². The Labute approximate surface area is 169 Å². The summed E-state index contributed by atoms with van der Waals surface area (Å²) < 4.78 is 16.8. The molecule has 0 saturated heterocycles. The second kappa shape index (κ2) is 6.40. The molecule has 0 bridgehead atoms. The van der Waals surface area contributed by atoms with Crippen molar-refractivity contribution in [2.24, 2.45) is 28.6 Å². The summed E-state index contributed by atoms with van der Waals surface area (Å²) in [6.07, 6.45) is 4.37. The molecule has 8 atom stereocenters. The summed E-state index contributed by atoms with van der Waals surface area (Å²) in [5.41, 5.74) is -5.42. The molecule has 0 spiro atoms. The van der Waals surface area contributed by atoms with Crippen LogP contribution in [0.4, 0.5) is 4.39 Å². The average molecular weight is 408 g/mol. The normalized spacial score (nSPS) is 50.6. The quantitative estimate of drug-likeness (QED) is 0.526. The van der Waals surface area contributed by atoms with Crippen molar-refractivity contribution in [1.29, 1.82) is 0 Å². The molecule has 3 saturated carbocycles. The van der Waals surface area contributed by atoms with Gasteiger partial charge < -0.3 is 15.7 Å². The highest BCUT2D eigenvalue weighted by Crippen LogP contribution is 2.70. The Kier molecular flexibility index (Phi) is 4.85. The van der Waals surface area contributed by atoms with Crippen molar-refractivity contribution in [1.82, 2.24) is 0 Å². The number of carbonyl (C=O) groups excluding carboxylic acids is 3. The van der Waals surface area contributed by atoms with Crippen LogP contribution in [0, 0.1) is 28.6 Å². The Balaban J connectivity index is 0.00000240. The molecule has 4 aliphatic rings. The Hall–Kier alpha value is -1.70. The van der Waals surface area contributed by atoms with Gasteiger partial charge in [0.15, 0.2) is 17.7 Å². The van der Waals surface area contributed by atoms with E-state index in [2.05, 4.69) is 0 Å². The molecule has 4 aliphatic carbocycles. The Bertz CT molecular complexity index is 835. The maximum Gasteiger partial charge on any atom is 0.227 e. The zero-order valence-electron chi connectivity index (χ0n) is 16.9. The van der Waals surface area contributed by atoms with E-state index in [1.54, 1.807) is 26.8 Å². The van der Waals surface area contributed by atoms with Crippen molar-refractivity contribution >= 4 is 17.9 Å². The third kappa shape index (κ3) is 2.29. The molecular weight excluding hydrogens is 379 g/mol. The van der Waals surface area contributed by atoms with E-state index in [-0.39, 0.29) is 29.9 Å². The van der Waals surface area contributed by atoms with Crippen LogP contribution in [0.5, 0.6) is 0 Å². The molecule has 4 rings (SSSR count). The van der Waals surface area contributed by atoms with Gasteiger partial charge in [-0.25, -0.2) is 4.39 Å². The molecule has 4 N–H and O–H groups in total. The van der Waals surface area contributed by atoms with Gasteiger partial charge in [-0.3, -0.25) is 14.4 Å². The Morgan fingerprint density at radius 1 is 1.31 bits per heavy atom. The topological polar surface area (TPSA) is 123 Å². The molecule has 6 nitrogen and oxygen atoms in total. The predicted molar refractivity (Wildman–Crippen MR) is 103 cm³/mol. The van der Waals surface area contributed by atoms with Crippen LogP contribution in [-0.2, 0) is 14.4 Å². The van der Waals surface area contributed by atoms with Crippen LogP contribution in [0.25, 0.3) is 0 Å². The van der Waals surface area contributed by atoms with Gasteiger partial charge in [-0.1, -0.05) is 25.5 Å². The van der Waals surface area contributed by atoms with Crippen molar-refractivity contribution in [2.75, 3.05) is 0 Å².